The van der Waals surface area contributed by atoms with Gasteiger partial charge in [0.2, 0.25) is 0 Å². The lowest BCUT2D eigenvalue weighted by molar-refractivity contribution is 0.101. The average Bonchev–Trinajstić information content (AvgIpc) is 2.59. The molecule has 3 rings (SSSR count). The molecular formula is C18H14Cl2O2. The standard InChI is InChI=1S/C18H14Cl2O2/c19-9-17(21)13-3-5-15-11(7-13)1-2-12-8-14(18(22)10-20)4-6-16(12)15/h3-8H,1-2,9-10H2. The van der Waals surface area contributed by atoms with Gasteiger partial charge in [-0.3, -0.25) is 9.59 Å². The van der Waals surface area contributed by atoms with Gasteiger partial charge in [0.25, 0.3) is 0 Å². The van der Waals surface area contributed by atoms with Crippen molar-refractivity contribution in [1.82, 2.24) is 0 Å². The Morgan fingerprint density at radius 1 is 0.773 bits per heavy atom. The molecule has 112 valence electrons. The molecule has 2 nitrogen and oxygen atoms in total. The third kappa shape index (κ3) is 2.69. The molecule has 0 spiro atoms. The number of carbonyl (C=O) groups excluding carboxylic acids is 2. The molecule has 4 heteroatoms. The van der Waals surface area contributed by atoms with Gasteiger partial charge in [-0.1, -0.05) is 24.3 Å². The second-order valence-electron chi connectivity index (χ2n) is 5.36. The van der Waals surface area contributed by atoms with Crippen molar-refractivity contribution in [2.75, 3.05) is 11.8 Å². The zero-order chi connectivity index (χ0) is 15.7. The summed E-state index contributed by atoms with van der Waals surface area (Å²) in [6, 6.07) is 11.4. The predicted molar refractivity (Wildman–Crippen MR) is 89.4 cm³/mol. The highest BCUT2D eigenvalue weighted by atomic mass is 35.5. The van der Waals surface area contributed by atoms with Crippen molar-refractivity contribution in [2.24, 2.45) is 0 Å². The van der Waals surface area contributed by atoms with Crippen molar-refractivity contribution < 1.29 is 9.59 Å². The fourth-order valence-electron chi connectivity index (χ4n) is 2.90. The summed E-state index contributed by atoms with van der Waals surface area (Å²) in [5.41, 5.74) is 5.87. The maximum atomic E-state index is 11.7. The Kier molecular flexibility index (Phi) is 4.32. The Bertz CT molecular complexity index is 700. The lowest BCUT2D eigenvalue weighted by atomic mass is 9.83. The van der Waals surface area contributed by atoms with Gasteiger partial charge in [0.15, 0.2) is 11.6 Å². The van der Waals surface area contributed by atoms with Gasteiger partial charge in [0.05, 0.1) is 11.8 Å². The molecule has 0 saturated carbocycles. The molecule has 22 heavy (non-hydrogen) atoms. The Hall–Kier alpha value is -1.64. The van der Waals surface area contributed by atoms with Gasteiger partial charge in [-0.2, -0.15) is 0 Å². The highest BCUT2D eigenvalue weighted by Gasteiger charge is 2.19. The molecule has 1 aliphatic rings. The van der Waals surface area contributed by atoms with Gasteiger partial charge in [0, 0.05) is 11.1 Å². The zero-order valence-electron chi connectivity index (χ0n) is 11.9. The van der Waals surface area contributed by atoms with Gasteiger partial charge in [-0.25, -0.2) is 0 Å². The third-order valence-electron chi connectivity index (χ3n) is 4.05. The van der Waals surface area contributed by atoms with Gasteiger partial charge < -0.3 is 0 Å². The number of hydrogen-bond donors (Lipinski definition) is 0. The molecule has 0 saturated heterocycles. The van der Waals surface area contributed by atoms with Crippen LogP contribution in [0, 0.1) is 0 Å². The summed E-state index contributed by atoms with van der Waals surface area (Å²) in [4.78, 5) is 23.4. The van der Waals surface area contributed by atoms with Crippen LogP contribution in [0.4, 0.5) is 0 Å². The Morgan fingerprint density at radius 3 is 1.55 bits per heavy atom. The molecule has 0 fully saturated rings. The molecule has 0 atom stereocenters. The summed E-state index contributed by atoms with van der Waals surface area (Å²) in [6.45, 7) is 0. The quantitative estimate of drug-likeness (QED) is 0.618. The number of fused-ring (bicyclic) bond motifs is 3. The van der Waals surface area contributed by atoms with Gasteiger partial charge in [0.1, 0.15) is 0 Å². The molecule has 0 N–H and O–H groups in total. The van der Waals surface area contributed by atoms with E-state index in [0.29, 0.717) is 11.1 Å². The molecule has 0 aliphatic heterocycles. The van der Waals surface area contributed by atoms with Crippen molar-refractivity contribution in [2.45, 2.75) is 12.8 Å². The largest absolute Gasteiger partial charge is 0.293 e. The van der Waals surface area contributed by atoms with Crippen molar-refractivity contribution in [1.29, 1.82) is 0 Å². The minimum Gasteiger partial charge on any atom is -0.293 e. The summed E-state index contributed by atoms with van der Waals surface area (Å²) in [7, 11) is 0. The number of rotatable bonds is 4. The SMILES string of the molecule is O=C(CCl)c1ccc2c(c1)CCc1cc(C(=O)CCl)ccc1-2. The van der Waals surface area contributed by atoms with E-state index in [4.69, 9.17) is 23.2 Å². The summed E-state index contributed by atoms with van der Waals surface area (Å²) >= 11 is 11.2. The number of halogens is 2. The second kappa shape index (κ2) is 6.23. The summed E-state index contributed by atoms with van der Waals surface area (Å²) < 4.78 is 0. The van der Waals surface area contributed by atoms with E-state index in [-0.39, 0.29) is 23.3 Å². The Labute approximate surface area is 139 Å². The third-order valence-corrected chi connectivity index (χ3v) is 4.54. The Balaban J connectivity index is 2.03. The number of benzene rings is 2. The molecular weight excluding hydrogens is 319 g/mol. The first-order chi connectivity index (χ1) is 10.6. The van der Waals surface area contributed by atoms with Crippen molar-refractivity contribution in [3.05, 3.63) is 58.7 Å². The van der Waals surface area contributed by atoms with Gasteiger partial charge in [-0.15, -0.1) is 23.2 Å². The van der Waals surface area contributed by atoms with Crippen LogP contribution < -0.4 is 0 Å². The minimum atomic E-state index is -0.0571. The normalized spacial score (nSPS) is 12.5. The lowest BCUT2D eigenvalue weighted by Gasteiger charge is -2.21. The molecule has 0 unspecified atom stereocenters. The van der Waals surface area contributed by atoms with Crippen LogP contribution >= 0.6 is 23.2 Å². The minimum absolute atomic E-state index is 0.000723. The van der Waals surface area contributed by atoms with Crippen LogP contribution in [0.2, 0.25) is 0 Å². The summed E-state index contributed by atoms with van der Waals surface area (Å²) in [6.07, 6.45) is 1.70. The summed E-state index contributed by atoms with van der Waals surface area (Å²) in [5.74, 6) is -0.116. The number of Topliss-reactive ketones (excluding diaryl/α,β-unsaturated/α-hetero) is 2. The molecule has 0 radical (unpaired) electrons. The zero-order valence-corrected chi connectivity index (χ0v) is 13.4. The number of carbonyl (C=O) groups is 2. The van der Waals surface area contributed by atoms with Crippen LogP contribution in [-0.2, 0) is 12.8 Å². The van der Waals surface area contributed by atoms with E-state index in [1.807, 2.05) is 36.4 Å². The number of hydrogen-bond acceptors (Lipinski definition) is 2. The van der Waals surface area contributed by atoms with E-state index < -0.39 is 0 Å². The van der Waals surface area contributed by atoms with E-state index in [9.17, 15) is 9.59 Å². The first kappa shape index (κ1) is 15.3. The lowest BCUT2D eigenvalue weighted by Crippen LogP contribution is -2.09. The second-order valence-corrected chi connectivity index (χ2v) is 5.89. The number of aryl methyl sites for hydroxylation is 2. The number of ketones is 2. The molecule has 2 aromatic rings. The highest BCUT2D eigenvalue weighted by molar-refractivity contribution is 6.31. The molecule has 1 aliphatic carbocycles. The monoisotopic (exact) mass is 332 g/mol. The maximum absolute atomic E-state index is 11.7. The number of alkyl halides is 2. The van der Waals surface area contributed by atoms with Crippen molar-refractivity contribution in [3.63, 3.8) is 0 Å². The summed E-state index contributed by atoms with van der Waals surface area (Å²) in [5, 5.41) is 0. The van der Waals surface area contributed by atoms with E-state index >= 15 is 0 Å². The average molecular weight is 333 g/mol. The Morgan fingerprint density at radius 2 is 1.18 bits per heavy atom. The first-order valence-corrected chi connectivity index (χ1v) is 8.15. The smallest absolute Gasteiger partial charge is 0.177 e. The first-order valence-electron chi connectivity index (χ1n) is 7.08. The van der Waals surface area contributed by atoms with Crippen LogP contribution in [0.25, 0.3) is 11.1 Å². The van der Waals surface area contributed by atoms with Crippen molar-refractivity contribution in [3.8, 4) is 11.1 Å². The molecule has 0 amide bonds. The maximum Gasteiger partial charge on any atom is 0.177 e. The van der Waals surface area contributed by atoms with Crippen LogP contribution in [0.5, 0.6) is 0 Å². The molecule has 0 bridgehead atoms. The molecule has 0 aromatic heterocycles. The molecule has 2 aromatic carbocycles. The van der Waals surface area contributed by atoms with E-state index in [0.717, 1.165) is 35.1 Å². The van der Waals surface area contributed by atoms with Gasteiger partial charge >= 0.3 is 0 Å². The van der Waals surface area contributed by atoms with Crippen molar-refractivity contribution >= 4 is 34.8 Å². The van der Waals surface area contributed by atoms with Crippen LogP contribution in [0.15, 0.2) is 36.4 Å². The van der Waals surface area contributed by atoms with Crippen LogP contribution in [0.1, 0.15) is 31.8 Å². The van der Waals surface area contributed by atoms with Gasteiger partial charge in [-0.05, 0) is 47.2 Å². The van der Waals surface area contributed by atoms with Crippen LogP contribution in [0.3, 0.4) is 0 Å². The topological polar surface area (TPSA) is 34.1 Å². The van der Waals surface area contributed by atoms with Crippen LogP contribution in [-0.4, -0.2) is 23.3 Å². The van der Waals surface area contributed by atoms with E-state index in [1.54, 1.807) is 0 Å². The van der Waals surface area contributed by atoms with E-state index in [1.165, 1.54) is 0 Å². The highest BCUT2D eigenvalue weighted by Crippen LogP contribution is 2.34. The van der Waals surface area contributed by atoms with E-state index in [2.05, 4.69) is 0 Å². The predicted octanol–water partition coefficient (Wildman–Crippen LogP) is 4.30. The fourth-order valence-corrected chi connectivity index (χ4v) is 3.21. The molecule has 0 heterocycles. The fraction of sp³-hybridized carbons (Fsp3) is 0.222.